The molecule has 0 aliphatic carbocycles. The van der Waals surface area contributed by atoms with Gasteiger partial charge in [-0.1, -0.05) is 19.1 Å². The molecule has 0 unspecified atom stereocenters. The summed E-state index contributed by atoms with van der Waals surface area (Å²) in [7, 11) is 1.57. The molecule has 6 nitrogen and oxygen atoms in total. The summed E-state index contributed by atoms with van der Waals surface area (Å²) >= 11 is 0. The molecule has 1 saturated heterocycles. The third kappa shape index (κ3) is 4.13. The van der Waals surface area contributed by atoms with Crippen molar-refractivity contribution in [2.24, 2.45) is 0 Å². The largest absolute Gasteiger partial charge is 0.508 e. The van der Waals surface area contributed by atoms with E-state index in [0.717, 1.165) is 16.7 Å². The van der Waals surface area contributed by atoms with Crippen LogP contribution in [0.5, 0.6) is 11.5 Å². The molecular formula is C22H26F2O6. The molecule has 2 aromatic rings. The number of rotatable bonds is 6. The number of hydrogen-bond acceptors (Lipinski definition) is 6. The Hall–Kier alpha value is -2.26. The average Bonchev–Trinajstić information content (AvgIpc) is 2.74. The molecule has 0 aromatic heterocycles. The molecule has 4 N–H and O–H groups in total. The zero-order valence-electron chi connectivity index (χ0n) is 16.8. The first-order chi connectivity index (χ1) is 14.2. The van der Waals surface area contributed by atoms with Crippen molar-refractivity contribution in [3.63, 3.8) is 0 Å². The van der Waals surface area contributed by atoms with E-state index in [9.17, 15) is 29.2 Å². The molecule has 3 rings (SSSR count). The standard InChI is InChI=1S/C22H26F2O6/c1-3-13-10-17(26)16(9-14(13)8-12-4-6-15(29-2)7-5-12)20-19(27)21(28)22(23,24)18(11-25)30-20/h4-7,9-10,18-21,25-28H,3,8,11H2,1-2H3/t18-,19+,20+,21-/m1/s1. The number of hydrogen-bond donors (Lipinski definition) is 4. The smallest absolute Gasteiger partial charge is 0.303 e. The predicted molar refractivity (Wildman–Crippen MR) is 105 cm³/mol. The first-order valence-electron chi connectivity index (χ1n) is 9.70. The number of aromatic hydroxyl groups is 1. The lowest BCUT2D eigenvalue weighted by Gasteiger charge is -2.42. The van der Waals surface area contributed by atoms with Gasteiger partial charge in [-0.2, -0.15) is 0 Å². The van der Waals surface area contributed by atoms with Gasteiger partial charge < -0.3 is 29.9 Å². The summed E-state index contributed by atoms with van der Waals surface area (Å²) in [6.45, 7) is 0.879. The van der Waals surface area contributed by atoms with Gasteiger partial charge in [0, 0.05) is 5.56 Å². The topological polar surface area (TPSA) is 99.4 Å². The Morgan fingerprint density at radius 2 is 1.77 bits per heavy atom. The van der Waals surface area contributed by atoms with Crippen molar-refractivity contribution in [3.05, 3.63) is 58.7 Å². The van der Waals surface area contributed by atoms with E-state index in [0.29, 0.717) is 18.6 Å². The van der Waals surface area contributed by atoms with Crippen molar-refractivity contribution < 1.29 is 38.7 Å². The fraction of sp³-hybridized carbons (Fsp3) is 0.455. The second-order valence-corrected chi connectivity index (χ2v) is 7.40. The van der Waals surface area contributed by atoms with E-state index in [1.807, 2.05) is 31.2 Å². The number of aryl methyl sites for hydroxylation is 1. The van der Waals surface area contributed by atoms with Crippen molar-refractivity contribution in [3.8, 4) is 11.5 Å². The van der Waals surface area contributed by atoms with Gasteiger partial charge in [0.2, 0.25) is 0 Å². The third-order valence-electron chi connectivity index (χ3n) is 5.52. The first kappa shape index (κ1) is 22.4. The van der Waals surface area contributed by atoms with Crippen LogP contribution in [0.2, 0.25) is 0 Å². The summed E-state index contributed by atoms with van der Waals surface area (Å²) in [5.74, 6) is -3.34. The number of aliphatic hydroxyl groups excluding tert-OH is 3. The van der Waals surface area contributed by atoms with Gasteiger partial charge in [-0.3, -0.25) is 0 Å². The minimum Gasteiger partial charge on any atom is -0.508 e. The van der Waals surface area contributed by atoms with E-state index in [4.69, 9.17) is 9.47 Å². The van der Waals surface area contributed by atoms with Crippen LogP contribution in [0.15, 0.2) is 36.4 Å². The number of ether oxygens (including phenoxy) is 2. The van der Waals surface area contributed by atoms with Crippen molar-refractivity contribution in [1.29, 1.82) is 0 Å². The SMILES string of the molecule is CCc1cc(O)c([C@@H]2O[C@H](CO)C(F)(F)[C@H](O)[C@H]2O)cc1Cc1ccc(OC)cc1. The van der Waals surface area contributed by atoms with Crippen LogP contribution in [0.1, 0.15) is 35.3 Å². The highest BCUT2D eigenvalue weighted by Gasteiger charge is 2.57. The second-order valence-electron chi connectivity index (χ2n) is 7.40. The van der Waals surface area contributed by atoms with Crippen molar-refractivity contribution in [2.75, 3.05) is 13.7 Å². The van der Waals surface area contributed by atoms with E-state index in [1.54, 1.807) is 13.2 Å². The van der Waals surface area contributed by atoms with E-state index >= 15 is 0 Å². The molecule has 0 spiro atoms. The Balaban J connectivity index is 1.97. The summed E-state index contributed by atoms with van der Waals surface area (Å²) < 4.78 is 38.5. The van der Waals surface area contributed by atoms with Crippen molar-refractivity contribution >= 4 is 0 Å². The van der Waals surface area contributed by atoms with Crippen LogP contribution >= 0.6 is 0 Å². The Bertz CT molecular complexity index is 867. The highest BCUT2D eigenvalue weighted by Crippen LogP contribution is 2.43. The molecule has 1 fully saturated rings. The Labute approximate surface area is 173 Å². The molecule has 164 valence electrons. The Morgan fingerprint density at radius 1 is 1.10 bits per heavy atom. The maximum atomic E-state index is 14.1. The van der Waals surface area contributed by atoms with Crippen LogP contribution in [-0.2, 0) is 17.6 Å². The maximum Gasteiger partial charge on any atom is 0.303 e. The van der Waals surface area contributed by atoms with E-state index < -0.39 is 36.9 Å². The summed E-state index contributed by atoms with van der Waals surface area (Å²) in [5, 5.41) is 39.9. The van der Waals surface area contributed by atoms with E-state index in [2.05, 4.69) is 0 Å². The predicted octanol–water partition coefficient (Wildman–Crippen LogP) is 2.34. The third-order valence-corrected chi connectivity index (χ3v) is 5.52. The van der Waals surface area contributed by atoms with Crippen molar-refractivity contribution in [1.82, 2.24) is 0 Å². The monoisotopic (exact) mass is 424 g/mol. The van der Waals surface area contributed by atoms with Crippen LogP contribution in [-0.4, -0.2) is 58.4 Å². The molecule has 1 aliphatic rings. The molecule has 0 amide bonds. The minimum absolute atomic E-state index is 0.0798. The fourth-order valence-corrected chi connectivity index (χ4v) is 3.73. The fourth-order valence-electron chi connectivity index (χ4n) is 3.73. The lowest BCUT2D eigenvalue weighted by atomic mass is 9.87. The molecule has 0 saturated carbocycles. The van der Waals surface area contributed by atoms with Gasteiger partial charge in [-0.25, -0.2) is 8.78 Å². The number of methoxy groups -OCH3 is 1. The number of phenols is 1. The van der Waals surface area contributed by atoms with Gasteiger partial charge in [-0.15, -0.1) is 0 Å². The normalized spacial score (nSPS) is 25.8. The summed E-state index contributed by atoms with van der Waals surface area (Å²) in [4.78, 5) is 0. The van der Waals surface area contributed by atoms with Gasteiger partial charge in [0.05, 0.1) is 13.7 Å². The molecule has 0 bridgehead atoms. The second kappa shape index (κ2) is 8.85. The molecule has 8 heteroatoms. The highest BCUT2D eigenvalue weighted by atomic mass is 19.3. The number of halogens is 2. The average molecular weight is 424 g/mol. The van der Waals surface area contributed by atoms with Gasteiger partial charge in [0.25, 0.3) is 0 Å². The van der Waals surface area contributed by atoms with Gasteiger partial charge >= 0.3 is 5.92 Å². The lowest BCUT2D eigenvalue weighted by molar-refractivity contribution is -0.296. The molecule has 30 heavy (non-hydrogen) atoms. The van der Waals surface area contributed by atoms with Crippen LogP contribution in [0, 0.1) is 0 Å². The van der Waals surface area contributed by atoms with Gasteiger partial charge in [0.15, 0.2) is 0 Å². The molecular weight excluding hydrogens is 398 g/mol. The Kier molecular flexibility index (Phi) is 6.62. The number of alkyl halides is 2. The minimum atomic E-state index is -3.82. The highest BCUT2D eigenvalue weighted by molar-refractivity contribution is 5.46. The van der Waals surface area contributed by atoms with Crippen LogP contribution in [0.4, 0.5) is 8.78 Å². The zero-order valence-corrected chi connectivity index (χ0v) is 16.8. The lowest BCUT2D eigenvalue weighted by Crippen LogP contribution is -2.59. The molecule has 1 heterocycles. The van der Waals surface area contributed by atoms with Crippen LogP contribution in [0.3, 0.4) is 0 Å². The number of phenolic OH excluding ortho intramolecular Hbond substituents is 1. The van der Waals surface area contributed by atoms with Crippen LogP contribution in [0.25, 0.3) is 0 Å². The molecule has 0 radical (unpaired) electrons. The summed E-state index contributed by atoms with van der Waals surface area (Å²) in [6, 6.07) is 10.5. The number of benzene rings is 2. The molecule has 2 aromatic carbocycles. The first-order valence-corrected chi connectivity index (χ1v) is 9.70. The zero-order chi connectivity index (χ0) is 22.1. The van der Waals surface area contributed by atoms with E-state index in [-0.39, 0.29) is 11.3 Å². The van der Waals surface area contributed by atoms with Gasteiger partial charge in [-0.05, 0) is 53.8 Å². The van der Waals surface area contributed by atoms with E-state index in [1.165, 1.54) is 6.07 Å². The van der Waals surface area contributed by atoms with Gasteiger partial charge in [0.1, 0.15) is 35.9 Å². The van der Waals surface area contributed by atoms with Crippen LogP contribution < -0.4 is 4.74 Å². The summed E-state index contributed by atoms with van der Waals surface area (Å²) in [6.07, 6.45) is -6.73. The molecule has 1 aliphatic heterocycles. The Morgan fingerprint density at radius 3 is 2.33 bits per heavy atom. The molecule has 4 atom stereocenters. The number of aliphatic hydroxyl groups is 3. The summed E-state index contributed by atoms with van der Waals surface area (Å²) in [5.41, 5.74) is 2.71. The quantitative estimate of drug-likeness (QED) is 0.568. The van der Waals surface area contributed by atoms with Crippen molar-refractivity contribution in [2.45, 2.75) is 50.1 Å². The maximum absolute atomic E-state index is 14.1.